The second-order valence-corrected chi connectivity index (χ2v) is 5.38. The van der Waals surface area contributed by atoms with Gasteiger partial charge in [-0.05, 0) is 12.8 Å². The SMILES string of the molecule is N[C@@H]1C2CCC3[C@H]1NS(=O)(=O)N23. The maximum Gasteiger partial charge on any atom is 0.280 e. The van der Waals surface area contributed by atoms with Crippen molar-refractivity contribution in [3.8, 4) is 0 Å². The van der Waals surface area contributed by atoms with Crippen LogP contribution < -0.4 is 10.5 Å². The van der Waals surface area contributed by atoms with Crippen LogP contribution in [0.3, 0.4) is 0 Å². The number of rotatable bonds is 0. The molecule has 0 amide bonds. The lowest BCUT2D eigenvalue weighted by Crippen LogP contribution is -2.56. The highest BCUT2D eigenvalue weighted by molar-refractivity contribution is 7.87. The van der Waals surface area contributed by atoms with Crippen LogP contribution in [0.25, 0.3) is 0 Å². The molecule has 0 aromatic rings. The molecule has 12 heavy (non-hydrogen) atoms. The Hall–Kier alpha value is -0.170. The maximum atomic E-state index is 11.4. The van der Waals surface area contributed by atoms with Crippen LogP contribution in [0.4, 0.5) is 0 Å². The molecule has 3 heterocycles. The molecular weight excluding hydrogens is 178 g/mol. The minimum atomic E-state index is -3.15. The van der Waals surface area contributed by atoms with Crippen molar-refractivity contribution in [3.63, 3.8) is 0 Å². The van der Waals surface area contributed by atoms with Gasteiger partial charge >= 0.3 is 0 Å². The van der Waals surface area contributed by atoms with Gasteiger partial charge in [-0.15, -0.1) is 0 Å². The summed E-state index contributed by atoms with van der Waals surface area (Å²) in [7, 11) is -3.15. The van der Waals surface area contributed by atoms with Gasteiger partial charge in [0.1, 0.15) is 0 Å². The molecule has 3 rings (SSSR count). The molecule has 0 spiro atoms. The molecule has 5 atom stereocenters. The fraction of sp³-hybridized carbons (Fsp3) is 1.00. The highest BCUT2D eigenvalue weighted by atomic mass is 32.2. The number of nitrogens with zero attached hydrogens (tertiary/aromatic N) is 1. The third kappa shape index (κ3) is 0.597. The summed E-state index contributed by atoms with van der Waals surface area (Å²) in [6.07, 6.45) is 1.90. The van der Waals surface area contributed by atoms with Gasteiger partial charge in [0.25, 0.3) is 10.2 Å². The van der Waals surface area contributed by atoms with Crippen molar-refractivity contribution in [2.24, 2.45) is 5.73 Å². The third-order valence-electron chi connectivity index (χ3n) is 3.25. The van der Waals surface area contributed by atoms with E-state index in [0.29, 0.717) is 0 Å². The van der Waals surface area contributed by atoms with Crippen molar-refractivity contribution in [2.75, 3.05) is 0 Å². The molecule has 3 saturated heterocycles. The van der Waals surface area contributed by atoms with Crippen LogP contribution in [0.15, 0.2) is 0 Å². The summed E-state index contributed by atoms with van der Waals surface area (Å²) in [6, 6.07) is 0.210. The molecule has 3 N–H and O–H groups in total. The first-order valence-corrected chi connectivity index (χ1v) is 5.61. The Labute approximate surface area is 71.1 Å². The summed E-state index contributed by atoms with van der Waals surface area (Å²) in [5.41, 5.74) is 5.86. The molecule has 6 heteroatoms. The van der Waals surface area contributed by atoms with E-state index < -0.39 is 10.2 Å². The van der Waals surface area contributed by atoms with E-state index in [-0.39, 0.29) is 24.2 Å². The Morgan fingerprint density at radius 1 is 1.33 bits per heavy atom. The van der Waals surface area contributed by atoms with Crippen LogP contribution in [-0.4, -0.2) is 36.9 Å². The Kier molecular flexibility index (Phi) is 1.11. The molecule has 0 aromatic carbocycles. The number of nitrogens with one attached hydrogen (secondary N) is 1. The molecule has 3 unspecified atom stereocenters. The standard InChI is InChI=1S/C6H11N3O2S/c7-5-3-1-2-4-6(5)8-12(10,11)9(3)4/h3-6,8H,1-2,7H2/t3?,4?,5-,6-/m1/s1. The van der Waals surface area contributed by atoms with Gasteiger partial charge in [0.15, 0.2) is 0 Å². The van der Waals surface area contributed by atoms with Gasteiger partial charge in [0, 0.05) is 18.1 Å². The van der Waals surface area contributed by atoms with E-state index in [1.807, 2.05) is 0 Å². The van der Waals surface area contributed by atoms with E-state index in [0.717, 1.165) is 12.8 Å². The lowest BCUT2D eigenvalue weighted by atomic mass is 9.92. The van der Waals surface area contributed by atoms with Gasteiger partial charge in [0.2, 0.25) is 0 Å². The van der Waals surface area contributed by atoms with E-state index in [1.54, 1.807) is 4.31 Å². The Balaban J connectivity index is 2.13. The first-order chi connectivity index (χ1) is 5.61. The summed E-state index contributed by atoms with van der Waals surface area (Å²) < 4.78 is 26.9. The van der Waals surface area contributed by atoms with Gasteiger partial charge in [-0.1, -0.05) is 0 Å². The molecule has 3 aliphatic heterocycles. The molecule has 0 aromatic heterocycles. The summed E-state index contributed by atoms with van der Waals surface area (Å²) in [4.78, 5) is 0. The van der Waals surface area contributed by atoms with E-state index >= 15 is 0 Å². The zero-order valence-electron chi connectivity index (χ0n) is 6.47. The van der Waals surface area contributed by atoms with E-state index in [2.05, 4.69) is 4.72 Å². The summed E-state index contributed by atoms with van der Waals surface area (Å²) in [5, 5.41) is 0. The smallest absolute Gasteiger partial charge is 0.280 e. The van der Waals surface area contributed by atoms with E-state index in [9.17, 15) is 8.42 Å². The highest BCUT2D eigenvalue weighted by Gasteiger charge is 2.62. The fourth-order valence-corrected chi connectivity index (χ4v) is 4.76. The number of hydrogen-bond donors (Lipinski definition) is 2. The van der Waals surface area contributed by atoms with Crippen LogP contribution >= 0.6 is 0 Å². The second kappa shape index (κ2) is 1.84. The van der Waals surface area contributed by atoms with Gasteiger partial charge in [-0.2, -0.15) is 17.4 Å². The number of hydrogen-bond acceptors (Lipinski definition) is 3. The zero-order chi connectivity index (χ0) is 8.51. The van der Waals surface area contributed by atoms with Crippen LogP contribution in [0, 0.1) is 0 Å². The molecule has 3 fully saturated rings. The highest BCUT2D eigenvalue weighted by Crippen LogP contribution is 2.43. The molecule has 0 radical (unpaired) electrons. The topological polar surface area (TPSA) is 75.4 Å². The van der Waals surface area contributed by atoms with Gasteiger partial charge in [-0.3, -0.25) is 0 Å². The summed E-state index contributed by atoms with van der Waals surface area (Å²) >= 11 is 0. The van der Waals surface area contributed by atoms with Crippen molar-refractivity contribution in [1.82, 2.24) is 9.03 Å². The van der Waals surface area contributed by atoms with Crippen LogP contribution in [-0.2, 0) is 10.2 Å². The van der Waals surface area contributed by atoms with Crippen molar-refractivity contribution in [1.29, 1.82) is 0 Å². The second-order valence-electron chi connectivity index (χ2n) is 3.77. The van der Waals surface area contributed by atoms with Gasteiger partial charge in [-0.25, -0.2) is 0 Å². The Morgan fingerprint density at radius 2 is 2.00 bits per heavy atom. The first-order valence-electron chi connectivity index (χ1n) is 4.17. The van der Waals surface area contributed by atoms with Gasteiger partial charge < -0.3 is 5.73 Å². The fourth-order valence-electron chi connectivity index (χ4n) is 2.78. The Morgan fingerprint density at radius 3 is 2.50 bits per heavy atom. The maximum absolute atomic E-state index is 11.4. The van der Waals surface area contributed by atoms with Crippen LogP contribution in [0.1, 0.15) is 12.8 Å². The lowest BCUT2D eigenvalue weighted by molar-refractivity contribution is 0.375. The third-order valence-corrected chi connectivity index (χ3v) is 4.91. The van der Waals surface area contributed by atoms with Crippen LogP contribution in [0.2, 0.25) is 0 Å². The van der Waals surface area contributed by atoms with Crippen LogP contribution in [0.5, 0.6) is 0 Å². The molecule has 3 aliphatic rings. The predicted octanol–water partition coefficient (Wildman–Crippen LogP) is -1.62. The monoisotopic (exact) mass is 189 g/mol. The zero-order valence-corrected chi connectivity index (χ0v) is 7.29. The van der Waals surface area contributed by atoms with Gasteiger partial charge in [0.05, 0.1) is 6.04 Å². The normalized spacial score (nSPS) is 59.6. The largest absolute Gasteiger partial charge is 0.325 e. The van der Waals surface area contributed by atoms with E-state index in [1.165, 1.54) is 0 Å². The lowest BCUT2D eigenvalue weighted by Gasteiger charge is -2.28. The van der Waals surface area contributed by atoms with Crippen molar-refractivity contribution in [2.45, 2.75) is 37.0 Å². The molecular formula is C6H11N3O2S. The minimum absolute atomic E-state index is 0.00674. The van der Waals surface area contributed by atoms with Crippen molar-refractivity contribution in [3.05, 3.63) is 0 Å². The molecule has 0 aliphatic carbocycles. The molecule has 5 nitrogen and oxygen atoms in total. The Bertz CT molecular complexity index is 320. The molecule has 68 valence electrons. The van der Waals surface area contributed by atoms with Crippen molar-refractivity contribution < 1.29 is 8.42 Å². The first kappa shape index (κ1) is 7.25. The average Bonchev–Trinajstić information content (AvgIpc) is 2.54. The molecule has 0 saturated carbocycles. The minimum Gasteiger partial charge on any atom is -0.325 e. The van der Waals surface area contributed by atoms with E-state index in [4.69, 9.17) is 5.73 Å². The summed E-state index contributed by atoms with van der Waals surface area (Å²) in [5.74, 6) is 0. The average molecular weight is 189 g/mol. The molecule has 4 bridgehead atoms. The van der Waals surface area contributed by atoms with Crippen molar-refractivity contribution >= 4 is 10.2 Å². The summed E-state index contributed by atoms with van der Waals surface area (Å²) in [6.45, 7) is 0. The quantitative estimate of drug-likeness (QED) is 0.481. The number of nitrogens with two attached hydrogens (primary N) is 1. The predicted molar refractivity (Wildman–Crippen MR) is 42.5 cm³/mol.